The van der Waals surface area contributed by atoms with Gasteiger partial charge >= 0.3 is 0 Å². The number of aryl methyl sites for hydroxylation is 1. The lowest BCUT2D eigenvalue weighted by Gasteiger charge is -2.09. The molecular weight excluding hydrogens is 398 g/mol. The predicted molar refractivity (Wildman–Crippen MR) is 109 cm³/mol. The topological polar surface area (TPSA) is 99.1 Å². The number of hydrogen-bond donors (Lipinski definition) is 1. The first-order valence-electron chi connectivity index (χ1n) is 8.44. The third-order valence-electron chi connectivity index (χ3n) is 3.69. The predicted octanol–water partition coefficient (Wildman–Crippen LogP) is 3.31. The van der Waals surface area contributed by atoms with Crippen molar-refractivity contribution in [1.82, 2.24) is 20.4 Å². The van der Waals surface area contributed by atoms with Crippen LogP contribution in [0.5, 0.6) is 11.5 Å². The first kappa shape index (κ1) is 20.0. The van der Waals surface area contributed by atoms with Gasteiger partial charge in [-0.25, -0.2) is 0 Å². The molecule has 0 spiro atoms. The lowest BCUT2D eigenvalue weighted by atomic mass is 10.1. The number of benzene rings is 1. The Labute approximate surface area is 170 Å². The molecule has 0 atom stereocenters. The Kier molecular flexibility index (Phi) is 6.77. The highest BCUT2D eigenvalue weighted by atomic mass is 32.2. The van der Waals surface area contributed by atoms with Crippen molar-refractivity contribution in [3.05, 3.63) is 35.3 Å². The molecule has 0 fully saturated rings. The van der Waals surface area contributed by atoms with E-state index in [1.807, 2.05) is 37.3 Å². The molecule has 0 radical (unpaired) electrons. The molecule has 1 aromatic carbocycles. The Balaban J connectivity index is 1.59. The minimum atomic E-state index is -0.158. The van der Waals surface area contributed by atoms with Gasteiger partial charge in [-0.05, 0) is 36.8 Å². The summed E-state index contributed by atoms with van der Waals surface area (Å²) in [7, 11) is 3.18. The molecule has 3 rings (SSSR count). The normalized spacial score (nSPS) is 10.5. The monoisotopic (exact) mass is 417 g/mol. The van der Waals surface area contributed by atoms with Gasteiger partial charge in [0.25, 0.3) is 0 Å². The molecule has 1 N–H and O–H groups in total. The molecular formula is C18H19N5O3S2. The van der Waals surface area contributed by atoms with E-state index in [-0.39, 0.29) is 11.7 Å². The molecule has 0 unspecified atom stereocenters. The van der Waals surface area contributed by atoms with Gasteiger partial charge in [0.2, 0.25) is 11.0 Å². The van der Waals surface area contributed by atoms with E-state index < -0.39 is 0 Å². The van der Waals surface area contributed by atoms with Crippen LogP contribution in [0.2, 0.25) is 0 Å². The molecule has 146 valence electrons. The molecule has 0 aliphatic rings. The van der Waals surface area contributed by atoms with Crippen LogP contribution < -0.4 is 14.8 Å². The number of nitrogens with zero attached hydrogens (tertiary/aromatic N) is 4. The van der Waals surface area contributed by atoms with Crippen molar-refractivity contribution in [2.75, 3.05) is 25.3 Å². The van der Waals surface area contributed by atoms with E-state index in [4.69, 9.17) is 9.47 Å². The third kappa shape index (κ3) is 4.96. The lowest BCUT2D eigenvalue weighted by Crippen LogP contribution is -2.14. The van der Waals surface area contributed by atoms with Crippen LogP contribution in [0.25, 0.3) is 11.3 Å². The Morgan fingerprint density at radius 3 is 2.54 bits per heavy atom. The number of amides is 1. The van der Waals surface area contributed by atoms with Crippen LogP contribution in [0.1, 0.15) is 11.9 Å². The second-order valence-corrected chi connectivity index (χ2v) is 7.58. The van der Waals surface area contributed by atoms with Crippen LogP contribution in [0.3, 0.4) is 0 Å². The fourth-order valence-corrected chi connectivity index (χ4v) is 3.60. The fraction of sp³-hybridized carbons (Fsp3) is 0.278. The quantitative estimate of drug-likeness (QED) is 0.557. The van der Waals surface area contributed by atoms with E-state index in [0.29, 0.717) is 27.4 Å². The van der Waals surface area contributed by atoms with Crippen molar-refractivity contribution in [1.29, 1.82) is 0 Å². The fourth-order valence-electron chi connectivity index (χ4n) is 2.29. The zero-order valence-electron chi connectivity index (χ0n) is 15.6. The highest BCUT2D eigenvalue weighted by molar-refractivity contribution is 7.99. The van der Waals surface area contributed by atoms with Gasteiger partial charge in [0.15, 0.2) is 11.5 Å². The molecule has 0 saturated carbocycles. The molecule has 0 bridgehead atoms. The van der Waals surface area contributed by atoms with E-state index in [1.54, 1.807) is 14.2 Å². The Morgan fingerprint density at radius 1 is 1.07 bits per heavy atom. The minimum Gasteiger partial charge on any atom is -0.493 e. The number of aromatic nitrogens is 4. The summed E-state index contributed by atoms with van der Waals surface area (Å²) in [6, 6.07) is 9.23. The number of hydrogen-bond acceptors (Lipinski definition) is 9. The van der Waals surface area contributed by atoms with Crippen molar-refractivity contribution < 1.29 is 14.3 Å². The summed E-state index contributed by atoms with van der Waals surface area (Å²) >= 11 is 2.68. The second-order valence-electron chi connectivity index (χ2n) is 5.52. The van der Waals surface area contributed by atoms with Crippen molar-refractivity contribution in [2.24, 2.45) is 0 Å². The van der Waals surface area contributed by atoms with E-state index in [1.165, 1.54) is 23.1 Å². The highest BCUT2D eigenvalue weighted by Crippen LogP contribution is 2.31. The number of methoxy groups -OCH3 is 2. The maximum Gasteiger partial charge on any atom is 0.236 e. The Morgan fingerprint density at radius 2 is 1.89 bits per heavy atom. The van der Waals surface area contributed by atoms with Crippen molar-refractivity contribution in [3.63, 3.8) is 0 Å². The van der Waals surface area contributed by atoms with Crippen LogP contribution in [-0.4, -0.2) is 46.3 Å². The number of thioether (sulfide) groups is 1. The van der Waals surface area contributed by atoms with Crippen LogP contribution in [0.4, 0.5) is 5.13 Å². The summed E-state index contributed by atoms with van der Waals surface area (Å²) < 4.78 is 10.6. The summed E-state index contributed by atoms with van der Waals surface area (Å²) in [6.07, 6.45) is 0.796. The summed E-state index contributed by atoms with van der Waals surface area (Å²) in [5.41, 5.74) is 1.57. The Hall–Kier alpha value is -2.72. The molecule has 2 heterocycles. The van der Waals surface area contributed by atoms with E-state index >= 15 is 0 Å². The summed E-state index contributed by atoms with van der Waals surface area (Å²) in [4.78, 5) is 12.0. The standard InChI is InChI=1S/C18H19N5O3S2/c1-4-16-21-23-18(28-16)19-15(24)10-27-17-8-6-12(20-22-17)11-5-7-13(25-2)14(9-11)26-3/h5-9H,4,10H2,1-3H3,(H,19,23,24). The van der Waals surface area contributed by atoms with Gasteiger partial charge in [-0.2, -0.15) is 0 Å². The Bertz CT molecular complexity index is 947. The SMILES string of the molecule is CCc1nnc(NC(=O)CSc2ccc(-c3ccc(OC)c(OC)c3)nn2)s1. The molecule has 0 aliphatic carbocycles. The zero-order chi connectivity index (χ0) is 19.9. The average molecular weight is 418 g/mol. The van der Waals surface area contributed by atoms with Crippen LogP contribution in [-0.2, 0) is 11.2 Å². The van der Waals surface area contributed by atoms with Crippen LogP contribution in [0, 0.1) is 0 Å². The van der Waals surface area contributed by atoms with Crippen molar-refractivity contribution in [2.45, 2.75) is 18.4 Å². The van der Waals surface area contributed by atoms with E-state index in [9.17, 15) is 4.79 Å². The maximum absolute atomic E-state index is 12.0. The van der Waals surface area contributed by atoms with Crippen molar-refractivity contribution in [3.8, 4) is 22.8 Å². The van der Waals surface area contributed by atoms with Crippen LogP contribution in [0.15, 0.2) is 35.4 Å². The number of carbonyl (C=O) groups excluding carboxylic acids is 1. The van der Waals surface area contributed by atoms with Gasteiger partial charge in [0.1, 0.15) is 10.0 Å². The summed E-state index contributed by atoms with van der Waals surface area (Å²) in [5, 5.41) is 21.1. The maximum atomic E-state index is 12.0. The highest BCUT2D eigenvalue weighted by Gasteiger charge is 2.10. The number of nitrogens with one attached hydrogen (secondary N) is 1. The van der Waals surface area contributed by atoms with Gasteiger partial charge in [0, 0.05) is 5.56 Å². The van der Waals surface area contributed by atoms with E-state index in [0.717, 1.165) is 17.0 Å². The number of anilines is 1. The lowest BCUT2D eigenvalue weighted by molar-refractivity contribution is -0.113. The molecule has 3 aromatic rings. The second kappa shape index (κ2) is 9.47. The molecule has 2 aromatic heterocycles. The van der Waals surface area contributed by atoms with Gasteiger partial charge in [-0.1, -0.05) is 30.0 Å². The molecule has 0 aliphatic heterocycles. The smallest absolute Gasteiger partial charge is 0.236 e. The van der Waals surface area contributed by atoms with Crippen LogP contribution >= 0.6 is 23.1 Å². The van der Waals surface area contributed by atoms with Gasteiger partial charge in [0.05, 0.1) is 25.7 Å². The number of rotatable bonds is 8. The van der Waals surface area contributed by atoms with E-state index in [2.05, 4.69) is 25.7 Å². The van der Waals surface area contributed by atoms with Gasteiger partial charge in [-0.15, -0.1) is 20.4 Å². The zero-order valence-corrected chi connectivity index (χ0v) is 17.3. The average Bonchev–Trinajstić information content (AvgIpc) is 3.19. The molecule has 1 amide bonds. The largest absolute Gasteiger partial charge is 0.493 e. The summed E-state index contributed by atoms with van der Waals surface area (Å²) in [6.45, 7) is 1.99. The molecule has 8 nitrogen and oxygen atoms in total. The molecule has 28 heavy (non-hydrogen) atoms. The molecule has 0 saturated heterocycles. The van der Waals surface area contributed by atoms with Gasteiger partial charge < -0.3 is 9.47 Å². The first-order chi connectivity index (χ1) is 13.6. The number of ether oxygens (including phenoxy) is 2. The van der Waals surface area contributed by atoms with Gasteiger partial charge in [-0.3, -0.25) is 10.1 Å². The third-order valence-corrected chi connectivity index (χ3v) is 5.59. The van der Waals surface area contributed by atoms with Crippen molar-refractivity contribution >= 4 is 34.1 Å². The molecule has 10 heteroatoms. The number of carbonyl (C=O) groups is 1. The minimum absolute atomic E-state index is 0.158. The summed E-state index contributed by atoms with van der Waals surface area (Å²) in [5.74, 6) is 1.33. The first-order valence-corrected chi connectivity index (χ1v) is 10.2.